The van der Waals surface area contributed by atoms with E-state index in [1.54, 1.807) is 13.0 Å². The van der Waals surface area contributed by atoms with Crippen LogP contribution in [0.25, 0.3) is 0 Å². The third-order valence-corrected chi connectivity index (χ3v) is 5.48. The second-order valence-corrected chi connectivity index (χ2v) is 7.93. The molecule has 0 radical (unpaired) electrons. The second-order valence-electron chi connectivity index (χ2n) is 5.05. The molecule has 1 N–H and O–H groups in total. The molecule has 1 aromatic carbocycles. The molecule has 21 heavy (non-hydrogen) atoms. The number of sulfone groups is 1. The fraction of sp³-hybridized carbons (Fsp3) is 0.600. The number of benzene rings is 1. The van der Waals surface area contributed by atoms with Crippen molar-refractivity contribution in [2.75, 3.05) is 18.1 Å². The van der Waals surface area contributed by atoms with E-state index in [-0.39, 0.29) is 23.4 Å². The van der Waals surface area contributed by atoms with Crippen LogP contribution in [0.1, 0.15) is 44.7 Å². The van der Waals surface area contributed by atoms with Crippen molar-refractivity contribution in [2.45, 2.75) is 39.2 Å². The fourth-order valence-electron chi connectivity index (χ4n) is 2.12. The van der Waals surface area contributed by atoms with Crippen LogP contribution in [-0.4, -0.2) is 26.5 Å². The highest BCUT2D eigenvalue weighted by atomic mass is 35.5. The second kappa shape index (κ2) is 8.71. The maximum atomic E-state index is 13.1. The largest absolute Gasteiger partial charge is 0.310 e. The van der Waals surface area contributed by atoms with Gasteiger partial charge in [0.15, 0.2) is 0 Å². The van der Waals surface area contributed by atoms with Crippen molar-refractivity contribution in [3.8, 4) is 0 Å². The molecule has 0 bridgehead atoms. The van der Waals surface area contributed by atoms with Crippen LogP contribution in [0.4, 0.5) is 4.39 Å². The monoisotopic (exact) mass is 335 g/mol. The molecule has 0 aromatic heterocycles. The predicted octanol–water partition coefficient (Wildman–Crippen LogP) is 3.73. The van der Waals surface area contributed by atoms with Crippen LogP contribution >= 0.6 is 11.6 Å². The SMILES string of the molecule is CCCNC(CCCS(=O)(=O)CC)c1ccc(F)cc1Cl. The van der Waals surface area contributed by atoms with Crippen LogP contribution in [0.15, 0.2) is 18.2 Å². The summed E-state index contributed by atoms with van der Waals surface area (Å²) < 4.78 is 36.2. The van der Waals surface area contributed by atoms with Crippen molar-refractivity contribution in [2.24, 2.45) is 0 Å². The summed E-state index contributed by atoms with van der Waals surface area (Å²) in [5, 5.41) is 3.73. The molecule has 3 nitrogen and oxygen atoms in total. The summed E-state index contributed by atoms with van der Waals surface area (Å²) in [5.41, 5.74) is 0.820. The van der Waals surface area contributed by atoms with Gasteiger partial charge in [0, 0.05) is 16.8 Å². The zero-order valence-corrected chi connectivity index (χ0v) is 14.1. The maximum absolute atomic E-state index is 13.1. The Labute approximate surface area is 131 Å². The number of halogens is 2. The first kappa shape index (κ1) is 18.4. The van der Waals surface area contributed by atoms with Gasteiger partial charge >= 0.3 is 0 Å². The van der Waals surface area contributed by atoms with E-state index >= 15 is 0 Å². The Morgan fingerprint density at radius 2 is 2.05 bits per heavy atom. The van der Waals surface area contributed by atoms with Crippen LogP contribution in [0.3, 0.4) is 0 Å². The molecular formula is C15H23ClFNO2S. The van der Waals surface area contributed by atoms with Crippen molar-refractivity contribution in [1.82, 2.24) is 5.32 Å². The Bertz CT molecular complexity index is 549. The van der Waals surface area contributed by atoms with Gasteiger partial charge in [-0.2, -0.15) is 0 Å². The quantitative estimate of drug-likeness (QED) is 0.747. The molecule has 0 saturated heterocycles. The number of rotatable bonds is 9. The van der Waals surface area contributed by atoms with Gasteiger partial charge in [0.1, 0.15) is 15.7 Å². The van der Waals surface area contributed by atoms with E-state index in [9.17, 15) is 12.8 Å². The van der Waals surface area contributed by atoms with Crippen LogP contribution in [0.2, 0.25) is 5.02 Å². The van der Waals surface area contributed by atoms with E-state index in [4.69, 9.17) is 11.6 Å². The summed E-state index contributed by atoms with van der Waals surface area (Å²) in [5.74, 6) is -0.0317. The van der Waals surface area contributed by atoms with Crippen molar-refractivity contribution in [1.29, 1.82) is 0 Å². The number of hydrogen-bond donors (Lipinski definition) is 1. The summed E-state index contributed by atoms with van der Waals surface area (Å²) >= 11 is 6.10. The molecule has 0 aliphatic rings. The Balaban J connectivity index is 2.76. The molecule has 0 heterocycles. The van der Waals surface area contributed by atoms with E-state index in [2.05, 4.69) is 12.2 Å². The summed E-state index contributed by atoms with van der Waals surface area (Å²) in [6.45, 7) is 4.51. The third kappa shape index (κ3) is 6.32. The van der Waals surface area contributed by atoms with Crippen LogP contribution in [0.5, 0.6) is 0 Å². The van der Waals surface area contributed by atoms with Crippen molar-refractivity contribution in [3.63, 3.8) is 0 Å². The van der Waals surface area contributed by atoms with Gasteiger partial charge in [-0.1, -0.05) is 31.5 Å². The van der Waals surface area contributed by atoms with Crippen molar-refractivity contribution >= 4 is 21.4 Å². The lowest BCUT2D eigenvalue weighted by Crippen LogP contribution is -2.23. The van der Waals surface area contributed by atoms with Gasteiger partial charge in [-0.3, -0.25) is 0 Å². The topological polar surface area (TPSA) is 46.2 Å². The van der Waals surface area contributed by atoms with Gasteiger partial charge in [-0.05, 0) is 43.5 Å². The van der Waals surface area contributed by atoms with E-state index in [1.807, 2.05) is 0 Å². The highest BCUT2D eigenvalue weighted by Gasteiger charge is 2.16. The summed E-state index contributed by atoms with van der Waals surface area (Å²) in [4.78, 5) is 0. The fourth-order valence-corrected chi connectivity index (χ4v) is 3.32. The molecule has 0 aliphatic heterocycles. The van der Waals surface area contributed by atoms with Crippen LogP contribution in [0, 0.1) is 5.82 Å². The summed E-state index contributed by atoms with van der Waals surface area (Å²) in [7, 11) is -2.96. The van der Waals surface area contributed by atoms with Crippen LogP contribution in [-0.2, 0) is 9.84 Å². The molecule has 6 heteroatoms. The first-order valence-electron chi connectivity index (χ1n) is 7.28. The predicted molar refractivity (Wildman–Crippen MR) is 86.0 cm³/mol. The van der Waals surface area contributed by atoms with Crippen molar-refractivity contribution in [3.05, 3.63) is 34.6 Å². The molecule has 0 saturated carbocycles. The highest BCUT2D eigenvalue weighted by Crippen LogP contribution is 2.27. The lowest BCUT2D eigenvalue weighted by atomic mass is 10.0. The normalized spacial score (nSPS) is 13.3. The van der Waals surface area contributed by atoms with Gasteiger partial charge in [-0.25, -0.2) is 12.8 Å². The van der Waals surface area contributed by atoms with E-state index < -0.39 is 9.84 Å². The molecule has 1 atom stereocenters. The van der Waals surface area contributed by atoms with Gasteiger partial charge in [0.2, 0.25) is 0 Å². The van der Waals surface area contributed by atoms with E-state index in [1.165, 1.54) is 12.1 Å². The lowest BCUT2D eigenvalue weighted by Gasteiger charge is -2.20. The first-order valence-corrected chi connectivity index (χ1v) is 9.48. The zero-order valence-electron chi connectivity index (χ0n) is 12.5. The molecule has 1 rings (SSSR count). The number of nitrogens with one attached hydrogen (secondary N) is 1. The molecule has 0 fully saturated rings. The standard InChI is InChI=1S/C15H23ClFNO2S/c1-3-9-18-15(6-5-10-21(19,20)4-2)13-8-7-12(17)11-14(13)16/h7-8,11,15,18H,3-6,9-10H2,1-2H3. The Morgan fingerprint density at radius 3 is 2.62 bits per heavy atom. The Hall–Kier alpha value is -0.650. The molecule has 0 aliphatic carbocycles. The summed E-state index contributed by atoms with van der Waals surface area (Å²) in [6.07, 6.45) is 2.18. The summed E-state index contributed by atoms with van der Waals surface area (Å²) in [6, 6.07) is 4.29. The Kier molecular flexibility index (Phi) is 7.63. The van der Waals surface area contributed by atoms with Gasteiger partial charge in [-0.15, -0.1) is 0 Å². The molecule has 0 amide bonds. The minimum Gasteiger partial charge on any atom is -0.310 e. The van der Waals surface area contributed by atoms with Gasteiger partial charge in [0.05, 0.1) is 5.75 Å². The van der Waals surface area contributed by atoms with E-state index in [0.29, 0.717) is 17.9 Å². The Morgan fingerprint density at radius 1 is 1.33 bits per heavy atom. The smallest absolute Gasteiger partial charge is 0.150 e. The van der Waals surface area contributed by atoms with E-state index in [0.717, 1.165) is 18.5 Å². The minimum atomic E-state index is -2.96. The molecule has 0 spiro atoms. The van der Waals surface area contributed by atoms with Gasteiger partial charge < -0.3 is 5.32 Å². The molecular weight excluding hydrogens is 313 g/mol. The lowest BCUT2D eigenvalue weighted by molar-refractivity contribution is 0.491. The number of hydrogen-bond acceptors (Lipinski definition) is 3. The first-order chi connectivity index (χ1) is 9.89. The average Bonchev–Trinajstić information content (AvgIpc) is 2.43. The third-order valence-electron chi connectivity index (χ3n) is 3.37. The highest BCUT2D eigenvalue weighted by molar-refractivity contribution is 7.91. The molecule has 1 unspecified atom stereocenters. The molecule has 120 valence electrons. The minimum absolute atomic E-state index is 0.0508. The van der Waals surface area contributed by atoms with Gasteiger partial charge in [0.25, 0.3) is 0 Å². The van der Waals surface area contributed by atoms with Crippen LogP contribution < -0.4 is 5.32 Å². The van der Waals surface area contributed by atoms with Crippen molar-refractivity contribution < 1.29 is 12.8 Å². The zero-order chi connectivity index (χ0) is 15.9. The molecule has 1 aromatic rings. The average molecular weight is 336 g/mol. The maximum Gasteiger partial charge on any atom is 0.150 e.